The van der Waals surface area contributed by atoms with E-state index in [2.05, 4.69) is 61.8 Å². The molecule has 0 amide bonds. The lowest BCUT2D eigenvalue weighted by Gasteiger charge is -2.33. The highest BCUT2D eigenvalue weighted by Gasteiger charge is 2.29. The molecule has 4 heterocycles. The van der Waals surface area contributed by atoms with Gasteiger partial charge in [0.25, 0.3) is 0 Å². The molecule has 1 saturated heterocycles. The fraction of sp³-hybridized carbons (Fsp3) is 0.323. The molecule has 0 aliphatic carbocycles. The van der Waals surface area contributed by atoms with Crippen molar-refractivity contribution in [2.45, 2.75) is 37.1 Å². The maximum absolute atomic E-state index is 13.0. The highest BCUT2D eigenvalue weighted by Crippen LogP contribution is 2.29. The molecule has 11 heteroatoms. The van der Waals surface area contributed by atoms with E-state index < -0.39 is 10.0 Å². The summed E-state index contributed by atoms with van der Waals surface area (Å²) in [7, 11) is -1.29. The summed E-state index contributed by atoms with van der Waals surface area (Å²) in [6, 6.07) is 17.2. The van der Waals surface area contributed by atoms with Crippen molar-refractivity contribution in [2.75, 3.05) is 37.3 Å². The first-order chi connectivity index (χ1) is 20.3. The number of hydrogen-bond acceptors (Lipinski definition) is 8. The van der Waals surface area contributed by atoms with Crippen LogP contribution in [0.3, 0.4) is 0 Å². The number of sulfonamides is 1. The van der Waals surface area contributed by atoms with Crippen molar-refractivity contribution >= 4 is 44.8 Å². The van der Waals surface area contributed by atoms with Gasteiger partial charge in [0.1, 0.15) is 5.02 Å². The molecule has 0 unspecified atom stereocenters. The molecule has 0 saturated carbocycles. The Morgan fingerprint density at radius 2 is 1.79 bits per heavy atom. The Morgan fingerprint density at radius 3 is 2.60 bits per heavy atom. The average molecular weight is 604 g/mol. The third-order valence-electron chi connectivity index (χ3n) is 7.91. The Hall–Kier alpha value is -3.57. The molecule has 1 fully saturated rings. The third kappa shape index (κ3) is 6.57. The zero-order chi connectivity index (χ0) is 29.1. The monoisotopic (exact) mass is 603 g/mol. The second-order valence-electron chi connectivity index (χ2n) is 11.1. The van der Waals surface area contributed by atoms with Crippen molar-refractivity contribution in [3.8, 4) is 0 Å². The highest BCUT2D eigenvalue weighted by molar-refractivity contribution is 7.89. The van der Waals surface area contributed by atoms with E-state index in [0.29, 0.717) is 40.7 Å². The average Bonchev–Trinajstić information content (AvgIpc) is 3.00. The molecule has 0 spiro atoms. The van der Waals surface area contributed by atoms with Crippen LogP contribution in [0.4, 0.5) is 23.1 Å². The van der Waals surface area contributed by atoms with Crippen LogP contribution in [0.1, 0.15) is 29.5 Å². The third-order valence-corrected chi connectivity index (χ3v) is 10.1. The van der Waals surface area contributed by atoms with Gasteiger partial charge >= 0.3 is 0 Å². The van der Waals surface area contributed by atoms with Crippen LogP contribution in [0.5, 0.6) is 0 Å². The molecular weight excluding hydrogens is 570 g/mol. The fourth-order valence-electron chi connectivity index (χ4n) is 5.71. The van der Waals surface area contributed by atoms with E-state index in [0.717, 1.165) is 55.7 Å². The number of nitrogens with one attached hydrogen (secondary N) is 2. The zero-order valence-electron chi connectivity index (χ0n) is 23.5. The molecule has 2 aliphatic heterocycles. The summed E-state index contributed by atoms with van der Waals surface area (Å²) >= 11 is 6.42. The molecule has 0 atom stereocenters. The van der Waals surface area contributed by atoms with Crippen molar-refractivity contribution in [3.63, 3.8) is 0 Å². The maximum atomic E-state index is 13.0. The maximum Gasteiger partial charge on any atom is 0.243 e. The number of aromatic nitrogens is 3. The zero-order valence-corrected chi connectivity index (χ0v) is 25.1. The number of anilines is 4. The van der Waals surface area contributed by atoms with Gasteiger partial charge in [0.2, 0.25) is 16.0 Å². The van der Waals surface area contributed by atoms with E-state index in [1.165, 1.54) is 11.1 Å². The largest absolute Gasteiger partial charge is 0.339 e. The summed E-state index contributed by atoms with van der Waals surface area (Å²) in [5, 5.41) is 7.03. The van der Waals surface area contributed by atoms with Crippen molar-refractivity contribution in [3.05, 3.63) is 94.9 Å². The van der Waals surface area contributed by atoms with E-state index in [-0.39, 0.29) is 0 Å². The number of halogens is 1. The quantitative estimate of drug-likeness (QED) is 0.292. The summed E-state index contributed by atoms with van der Waals surface area (Å²) in [6.45, 7) is 2.82. The minimum absolute atomic E-state index is 0.369. The predicted octanol–water partition coefficient (Wildman–Crippen LogP) is 5.64. The van der Waals surface area contributed by atoms with Gasteiger partial charge in [0.15, 0.2) is 5.82 Å². The van der Waals surface area contributed by atoms with Crippen LogP contribution in [0.2, 0.25) is 5.02 Å². The molecule has 6 bridgehead atoms. The second-order valence-corrected chi connectivity index (χ2v) is 13.4. The minimum atomic E-state index is -3.44. The molecule has 2 aromatic heterocycles. The minimum Gasteiger partial charge on any atom is -0.339 e. The Labute approximate surface area is 252 Å². The SMILES string of the molecule is CN(Cc1ccc2cc1CCc1cncc(c1)Nc1ncc(Cl)c(n1)N2)CC1CCN(S(=O)(=O)c2ccccc2)CC1. The van der Waals surface area contributed by atoms with Crippen LogP contribution < -0.4 is 10.6 Å². The molecule has 0 radical (unpaired) electrons. The van der Waals surface area contributed by atoms with Gasteiger partial charge in [-0.2, -0.15) is 9.29 Å². The number of fused-ring (bicyclic) bond motifs is 6. The van der Waals surface area contributed by atoms with Crippen LogP contribution in [0.25, 0.3) is 0 Å². The number of nitrogens with zero attached hydrogens (tertiary/aromatic N) is 5. The molecule has 6 rings (SSSR count). The van der Waals surface area contributed by atoms with E-state index in [1.54, 1.807) is 41.0 Å². The number of hydrogen-bond donors (Lipinski definition) is 2. The van der Waals surface area contributed by atoms with Gasteiger partial charge in [0, 0.05) is 38.1 Å². The number of benzene rings is 2. The first kappa shape index (κ1) is 28.5. The van der Waals surface area contributed by atoms with Crippen LogP contribution in [0.15, 0.2) is 78.1 Å². The predicted molar refractivity (Wildman–Crippen MR) is 166 cm³/mol. The molecular formula is C31H34ClN7O2S. The van der Waals surface area contributed by atoms with Gasteiger partial charge in [-0.25, -0.2) is 13.4 Å². The summed E-state index contributed by atoms with van der Waals surface area (Å²) in [5.41, 5.74) is 5.38. The van der Waals surface area contributed by atoms with Crippen LogP contribution in [-0.4, -0.2) is 59.3 Å². The number of piperidine rings is 1. The van der Waals surface area contributed by atoms with Gasteiger partial charge in [-0.15, -0.1) is 0 Å². The number of aryl methyl sites for hydroxylation is 2. The topological polar surface area (TPSA) is 103 Å². The first-order valence-corrected chi connectivity index (χ1v) is 16.0. The smallest absolute Gasteiger partial charge is 0.243 e. The van der Waals surface area contributed by atoms with E-state index in [1.807, 2.05) is 12.3 Å². The van der Waals surface area contributed by atoms with E-state index in [4.69, 9.17) is 11.6 Å². The van der Waals surface area contributed by atoms with Crippen molar-refractivity contribution < 1.29 is 8.42 Å². The number of rotatable bonds is 6. The molecule has 2 N–H and O–H groups in total. The van der Waals surface area contributed by atoms with Crippen LogP contribution >= 0.6 is 11.6 Å². The summed E-state index contributed by atoms with van der Waals surface area (Å²) in [6.07, 6.45) is 8.65. The normalized spacial score (nSPS) is 16.1. The van der Waals surface area contributed by atoms with Crippen LogP contribution in [0, 0.1) is 5.92 Å². The molecule has 42 heavy (non-hydrogen) atoms. The fourth-order valence-corrected chi connectivity index (χ4v) is 7.34. The second kappa shape index (κ2) is 12.3. The van der Waals surface area contributed by atoms with Crippen molar-refractivity contribution in [2.24, 2.45) is 5.92 Å². The van der Waals surface area contributed by atoms with Gasteiger partial charge in [-0.3, -0.25) is 4.98 Å². The summed E-state index contributed by atoms with van der Waals surface area (Å²) in [4.78, 5) is 16.0. The molecule has 4 aromatic rings. The Bertz CT molecular complexity index is 1660. The molecule has 2 aromatic carbocycles. The highest BCUT2D eigenvalue weighted by atomic mass is 35.5. The van der Waals surface area contributed by atoms with Gasteiger partial charge in [0.05, 0.1) is 23.0 Å². The Balaban J connectivity index is 1.15. The Kier molecular flexibility index (Phi) is 8.39. The van der Waals surface area contributed by atoms with E-state index in [9.17, 15) is 8.42 Å². The molecule has 2 aliphatic rings. The van der Waals surface area contributed by atoms with Crippen LogP contribution in [-0.2, 0) is 29.4 Å². The first-order valence-electron chi connectivity index (χ1n) is 14.2. The lowest BCUT2D eigenvalue weighted by molar-refractivity contribution is 0.201. The summed E-state index contributed by atoms with van der Waals surface area (Å²) in [5.74, 6) is 1.43. The standard InChI is InChI=1S/C31H34ClN7O2S/c1-38(20-22-11-13-39(14-12-22)42(40,41)28-5-3-2-4-6-28)21-25-9-10-26-16-24(25)8-7-23-15-27(18-33-17-23)36-31-34-19-29(32)30(35-26)37-31/h2-6,9-10,15-19,22H,7-8,11-14,20-21H2,1H3,(H2,34,35,36,37). The van der Waals surface area contributed by atoms with Crippen molar-refractivity contribution in [1.82, 2.24) is 24.2 Å². The Morgan fingerprint density at radius 1 is 0.976 bits per heavy atom. The van der Waals surface area contributed by atoms with Gasteiger partial charge in [-0.1, -0.05) is 35.9 Å². The summed E-state index contributed by atoms with van der Waals surface area (Å²) < 4.78 is 27.7. The lowest BCUT2D eigenvalue weighted by atomic mass is 9.96. The molecule has 9 nitrogen and oxygen atoms in total. The lowest BCUT2D eigenvalue weighted by Crippen LogP contribution is -2.41. The van der Waals surface area contributed by atoms with Gasteiger partial charge < -0.3 is 15.5 Å². The van der Waals surface area contributed by atoms with E-state index >= 15 is 0 Å². The van der Waals surface area contributed by atoms with Gasteiger partial charge in [-0.05, 0) is 85.7 Å². The number of pyridine rings is 1. The van der Waals surface area contributed by atoms with Crippen molar-refractivity contribution in [1.29, 1.82) is 0 Å². The molecule has 218 valence electrons.